The van der Waals surface area contributed by atoms with Gasteiger partial charge >= 0.3 is 6.55 Å². The third-order valence-corrected chi connectivity index (χ3v) is 3.62. The molecule has 0 fully saturated rings. The highest BCUT2D eigenvalue weighted by Gasteiger charge is 2.15. The summed E-state index contributed by atoms with van der Waals surface area (Å²) in [5.74, 6) is 0.969. The standard InChI is InChI=1S/C18H21F2N3O3/c1-4-26-14-7-5-13(11-15(14)25-3)6-8-17(24)22(2)12-16-21-9-10-23(16)18(19)20/h5-11,18H,4,12H2,1-3H3/b8-6+. The Hall–Kier alpha value is -2.90. The Morgan fingerprint density at radius 1 is 1.38 bits per heavy atom. The Morgan fingerprint density at radius 3 is 2.81 bits per heavy atom. The first-order chi connectivity index (χ1) is 12.5. The van der Waals surface area contributed by atoms with Crippen molar-refractivity contribution in [3.05, 3.63) is 48.1 Å². The minimum Gasteiger partial charge on any atom is -0.493 e. The Kier molecular flexibility index (Phi) is 6.71. The van der Waals surface area contributed by atoms with Gasteiger partial charge in [-0.3, -0.25) is 9.36 Å². The molecule has 0 aliphatic rings. The van der Waals surface area contributed by atoms with Gasteiger partial charge in [-0.1, -0.05) is 6.07 Å². The molecule has 0 aliphatic carbocycles. The number of ether oxygens (including phenoxy) is 2. The molecule has 2 rings (SSSR count). The van der Waals surface area contributed by atoms with Crippen LogP contribution < -0.4 is 9.47 Å². The zero-order valence-electron chi connectivity index (χ0n) is 14.9. The van der Waals surface area contributed by atoms with Gasteiger partial charge in [0.2, 0.25) is 5.91 Å². The van der Waals surface area contributed by atoms with Crippen molar-refractivity contribution in [2.45, 2.75) is 20.0 Å². The van der Waals surface area contributed by atoms with Gasteiger partial charge in [-0.15, -0.1) is 0 Å². The van der Waals surface area contributed by atoms with Crippen LogP contribution in [0.1, 0.15) is 24.9 Å². The van der Waals surface area contributed by atoms with Gasteiger partial charge in [0, 0.05) is 25.5 Å². The number of likely N-dealkylation sites (N-methyl/N-ethyl adjacent to an activating group) is 1. The fraction of sp³-hybridized carbons (Fsp3) is 0.333. The lowest BCUT2D eigenvalue weighted by atomic mass is 10.2. The first kappa shape index (κ1) is 19.4. The molecule has 0 atom stereocenters. The molecule has 8 heteroatoms. The van der Waals surface area contributed by atoms with Gasteiger partial charge in [-0.2, -0.15) is 8.78 Å². The SMILES string of the molecule is CCOc1ccc(/C=C/C(=O)N(C)Cc2nccn2C(F)F)cc1OC. The highest BCUT2D eigenvalue weighted by molar-refractivity contribution is 5.91. The number of methoxy groups -OCH3 is 1. The number of aromatic nitrogens is 2. The second-order valence-corrected chi connectivity index (χ2v) is 5.40. The van der Waals surface area contributed by atoms with Gasteiger partial charge < -0.3 is 14.4 Å². The monoisotopic (exact) mass is 365 g/mol. The van der Waals surface area contributed by atoms with E-state index in [2.05, 4.69) is 4.98 Å². The third-order valence-electron chi connectivity index (χ3n) is 3.62. The first-order valence-corrected chi connectivity index (χ1v) is 8.00. The average molecular weight is 365 g/mol. The molecule has 0 N–H and O–H groups in total. The zero-order valence-corrected chi connectivity index (χ0v) is 14.9. The van der Waals surface area contributed by atoms with Crippen LogP contribution in [-0.2, 0) is 11.3 Å². The van der Waals surface area contributed by atoms with E-state index in [1.807, 2.05) is 6.92 Å². The van der Waals surface area contributed by atoms with Crippen LogP contribution in [0.15, 0.2) is 36.7 Å². The van der Waals surface area contributed by atoms with E-state index in [4.69, 9.17) is 9.47 Å². The predicted molar refractivity (Wildman–Crippen MR) is 93.2 cm³/mol. The number of hydrogen-bond acceptors (Lipinski definition) is 4. The molecule has 0 saturated heterocycles. The van der Waals surface area contributed by atoms with Gasteiger partial charge in [-0.05, 0) is 30.7 Å². The number of carbonyl (C=O) groups is 1. The van der Waals surface area contributed by atoms with Crippen LogP contribution in [0.5, 0.6) is 11.5 Å². The second kappa shape index (κ2) is 8.98. The molecule has 26 heavy (non-hydrogen) atoms. The van der Waals surface area contributed by atoms with Crippen LogP contribution in [0.25, 0.3) is 6.08 Å². The number of nitrogens with zero attached hydrogens (tertiary/aromatic N) is 3. The Labute approximate surface area is 150 Å². The van der Waals surface area contributed by atoms with Crippen molar-refractivity contribution >= 4 is 12.0 Å². The van der Waals surface area contributed by atoms with Crippen LogP contribution in [0, 0.1) is 0 Å². The summed E-state index contributed by atoms with van der Waals surface area (Å²) in [6.45, 7) is -0.319. The van der Waals surface area contributed by atoms with E-state index in [0.717, 1.165) is 10.1 Å². The van der Waals surface area contributed by atoms with E-state index in [0.29, 0.717) is 18.1 Å². The van der Waals surface area contributed by atoms with Gasteiger partial charge in [-0.25, -0.2) is 4.98 Å². The van der Waals surface area contributed by atoms with E-state index in [-0.39, 0.29) is 18.3 Å². The van der Waals surface area contributed by atoms with Crippen molar-refractivity contribution in [2.24, 2.45) is 0 Å². The number of imidazole rings is 1. The normalized spacial score (nSPS) is 11.2. The van der Waals surface area contributed by atoms with E-state index in [1.54, 1.807) is 24.3 Å². The largest absolute Gasteiger partial charge is 0.493 e. The Morgan fingerprint density at radius 2 is 2.15 bits per heavy atom. The molecule has 0 bridgehead atoms. The van der Waals surface area contributed by atoms with Crippen molar-refractivity contribution in [3.8, 4) is 11.5 Å². The molecular weight excluding hydrogens is 344 g/mol. The summed E-state index contributed by atoms with van der Waals surface area (Å²) in [6, 6.07) is 5.30. The van der Waals surface area contributed by atoms with Crippen LogP contribution in [0.2, 0.25) is 0 Å². The zero-order chi connectivity index (χ0) is 19.1. The maximum atomic E-state index is 12.8. The van der Waals surface area contributed by atoms with Crippen molar-refractivity contribution in [1.82, 2.24) is 14.5 Å². The predicted octanol–water partition coefficient (Wildman–Crippen LogP) is 3.36. The van der Waals surface area contributed by atoms with Crippen molar-refractivity contribution in [1.29, 1.82) is 0 Å². The summed E-state index contributed by atoms with van der Waals surface area (Å²) in [7, 11) is 3.06. The van der Waals surface area contributed by atoms with E-state index < -0.39 is 6.55 Å². The minimum absolute atomic E-state index is 0.0207. The summed E-state index contributed by atoms with van der Waals surface area (Å²) >= 11 is 0. The first-order valence-electron chi connectivity index (χ1n) is 8.00. The van der Waals surface area contributed by atoms with Gasteiger partial charge in [0.15, 0.2) is 11.5 Å². The second-order valence-electron chi connectivity index (χ2n) is 5.40. The molecule has 0 aliphatic heterocycles. The summed E-state index contributed by atoms with van der Waals surface area (Å²) in [5.41, 5.74) is 0.751. The lowest BCUT2D eigenvalue weighted by Crippen LogP contribution is -2.26. The molecule has 1 amide bonds. The molecule has 1 aromatic heterocycles. The number of hydrogen-bond donors (Lipinski definition) is 0. The molecule has 0 saturated carbocycles. The molecule has 2 aromatic rings. The lowest BCUT2D eigenvalue weighted by Gasteiger charge is -2.15. The summed E-state index contributed by atoms with van der Waals surface area (Å²) < 4.78 is 37.1. The van der Waals surface area contributed by atoms with Crippen LogP contribution in [0.4, 0.5) is 8.78 Å². The number of alkyl halides is 2. The number of halogens is 2. The molecular formula is C18H21F2N3O3. The molecule has 0 radical (unpaired) electrons. The highest BCUT2D eigenvalue weighted by Crippen LogP contribution is 2.28. The maximum Gasteiger partial charge on any atom is 0.319 e. The van der Waals surface area contributed by atoms with Crippen molar-refractivity contribution in [3.63, 3.8) is 0 Å². The van der Waals surface area contributed by atoms with Crippen LogP contribution in [-0.4, -0.2) is 41.1 Å². The number of rotatable bonds is 8. The summed E-state index contributed by atoms with van der Waals surface area (Å²) in [6.07, 6.45) is 5.45. The minimum atomic E-state index is -2.69. The fourth-order valence-corrected chi connectivity index (χ4v) is 2.29. The van der Waals surface area contributed by atoms with Crippen molar-refractivity contribution in [2.75, 3.05) is 20.8 Å². The molecule has 0 unspecified atom stereocenters. The van der Waals surface area contributed by atoms with E-state index >= 15 is 0 Å². The molecule has 0 spiro atoms. The fourth-order valence-electron chi connectivity index (χ4n) is 2.29. The Bertz CT molecular complexity index is 775. The average Bonchev–Trinajstić information content (AvgIpc) is 3.09. The molecule has 140 valence electrons. The molecule has 6 nitrogen and oxygen atoms in total. The lowest BCUT2D eigenvalue weighted by molar-refractivity contribution is -0.125. The third kappa shape index (κ3) is 4.81. The number of benzene rings is 1. The van der Waals surface area contributed by atoms with Crippen molar-refractivity contribution < 1.29 is 23.0 Å². The molecule has 1 heterocycles. The van der Waals surface area contributed by atoms with Gasteiger partial charge in [0.25, 0.3) is 0 Å². The van der Waals surface area contributed by atoms with E-state index in [1.165, 1.54) is 37.5 Å². The highest BCUT2D eigenvalue weighted by atomic mass is 19.3. The molecule has 1 aromatic carbocycles. The quantitative estimate of drug-likeness (QED) is 0.673. The topological polar surface area (TPSA) is 56.6 Å². The van der Waals surface area contributed by atoms with Gasteiger partial charge in [0.05, 0.1) is 20.3 Å². The van der Waals surface area contributed by atoms with Crippen LogP contribution in [0.3, 0.4) is 0 Å². The number of carbonyl (C=O) groups excluding carboxylic acids is 1. The maximum absolute atomic E-state index is 12.8. The summed E-state index contributed by atoms with van der Waals surface area (Å²) in [4.78, 5) is 17.4. The smallest absolute Gasteiger partial charge is 0.319 e. The van der Waals surface area contributed by atoms with Gasteiger partial charge in [0.1, 0.15) is 5.82 Å². The van der Waals surface area contributed by atoms with E-state index in [9.17, 15) is 13.6 Å². The van der Waals surface area contributed by atoms with Crippen LogP contribution >= 0.6 is 0 Å². The summed E-state index contributed by atoms with van der Waals surface area (Å²) in [5, 5.41) is 0. The Balaban J connectivity index is 2.05. The number of amides is 1.